The molecule has 0 spiro atoms. The van der Waals surface area contributed by atoms with Crippen LogP contribution in [0.5, 0.6) is 0 Å². The molecule has 0 unspecified atom stereocenters. The van der Waals surface area contributed by atoms with E-state index < -0.39 is 0 Å². The highest BCUT2D eigenvalue weighted by Crippen LogP contribution is 2.18. The summed E-state index contributed by atoms with van der Waals surface area (Å²) in [5.41, 5.74) is 6.25. The second kappa shape index (κ2) is 5.56. The zero-order chi connectivity index (χ0) is 13.1. The zero-order valence-corrected chi connectivity index (χ0v) is 11.2. The van der Waals surface area contributed by atoms with Crippen molar-refractivity contribution in [1.29, 1.82) is 0 Å². The molecule has 0 amide bonds. The summed E-state index contributed by atoms with van der Waals surface area (Å²) in [6.45, 7) is 6.25. The summed E-state index contributed by atoms with van der Waals surface area (Å²) < 4.78 is 19.3. The van der Waals surface area contributed by atoms with Crippen LogP contribution >= 0.6 is 12.2 Å². The maximum atomic E-state index is 13.7. The first-order chi connectivity index (χ1) is 7.85. The van der Waals surface area contributed by atoms with E-state index in [0.717, 1.165) is 6.42 Å². The Morgan fingerprint density at radius 3 is 2.59 bits per heavy atom. The lowest BCUT2D eigenvalue weighted by molar-refractivity contribution is -0.0326. The highest BCUT2D eigenvalue weighted by atomic mass is 32.1. The Bertz CT molecular complexity index is 418. The van der Waals surface area contributed by atoms with Crippen molar-refractivity contribution in [3.05, 3.63) is 35.1 Å². The smallest absolute Gasteiger partial charge is 0.129 e. The first-order valence-electron chi connectivity index (χ1n) is 5.58. The van der Waals surface area contributed by atoms with Gasteiger partial charge in [-0.15, -0.1) is 0 Å². The topological polar surface area (TPSA) is 35.2 Å². The Morgan fingerprint density at radius 2 is 2.12 bits per heavy atom. The van der Waals surface area contributed by atoms with Crippen molar-refractivity contribution in [3.8, 4) is 0 Å². The summed E-state index contributed by atoms with van der Waals surface area (Å²) in [5.74, 6) is -0.331. The average molecular weight is 255 g/mol. The lowest BCUT2D eigenvalue weighted by Crippen LogP contribution is -2.23. The number of rotatable bonds is 5. The number of hydrogen-bond acceptors (Lipinski definition) is 2. The van der Waals surface area contributed by atoms with Crippen molar-refractivity contribution in [2.24, 2.45) is 5.73 Å². The van der Waals surface area contributed by atoms with Gasteiger partial charge in [-0.3, -0.25) is 0 Å². The fraction of sp³-hybridized carbons (Fsp3) is 0.462. The average Bonchev–Trinajstić information content (AvgIpc) is 2.27. The molecule has 4 heteroatoms. The lowest BCUT2D eigenvalue weighted by Gasteiger charge is -2.23. The van der Waals surface area contributed by atoms with E-state index in [1.54, 1.807) is 12.1 Å². The molecule has 1 aromatic carbocycles. The van der Waals surface area contributed by atoms with Gasteiger partial charge < -0.3 is 10.5 Å². The summed E-state index contributed by atoms with van der Waals surface area (Å²) in [6, 6.07) is 4.72. The maximum absolute atomic E-state index is 13.7. The Labute approximate surface area is 107 Å². The quantitative estimate of drug-likeness (QED) is 0.821. The minimum Gasteiger partial charge on any atom is -0.389 e. The third-order valence-corrected chi connectivity index (χ3v) is 3.04. The minimum atomic E-state index is -0.331. The Kier molecular flexibility index (Phi) is 4.60. The van der Waals surface area contributed by atoms with Crippen LogP contribution in [-0.4, -0.2) is 10.6 Å². The van der Waals surface area contributed by atoms with Gasteiger partial charge in [0.05, 0.1) is 12.2 Å². The molecule has 0 bridgehead atoms. The molecule has 94 valence electrons. The van der Waals surface area contributed by atoms with Crippen molar-refractivity contribution >= 4 is 17.2 Å². The molecule has 0 heterocycles. The molecule has 0 saturated carbocycles. The number of benzene rings is 1. The predicted molar refractivity (Wildman–Crippen MR) is 71.4 cm³/mol. The van der Waals surface area contributed by atoms with Gasteiger partial charge in [-0.05, 0) is 26.3 Å². The van der Waals surface area contributed by atoms with Gasteiger partial charge in [0.15, 0.2) is 0 Å². The van der Waals surface area contributed by atoms with E-state index in [2.05, 4.69) is 0 Å². The molecule has 0 aliphatic heterocycles. The van der Waals surface area contributed by atoms with Crippen molar-refractivity contribution in [3.63, 3.8) is 0 Å². The van der Waals surface area contributed by atoms with Crippen LogP contribution in [0.2, 0.25) is 0 Å². The fourth-order valence-electron chi connectivity index (χ4n) is 1.19. The fourth-order valence-corrected chi connectivity index (χ4v) is 1.32. The third kappa shape index (κ3) is 4.06. The molecular formula is C13H18FNOS. The second-order valence-electron chi connectivity index (χ2n) is 4.57. The van der Waals surface area contributed by atoms with Crippen molar-refractivity contribution in [1.82, 2.24) is 0 Å². The van der Waals surface area contributed by atoms with Crippen molar-refractivity contribution < 1.29 is 9.13 Å². The number of halogens is 1. The molecule has 0 saturated heterocycles. The molecule has 0 aliphatic carbocycles. The van der Waals surface area contributed by atoms with Gasteiger partial charge in [0.25, 0.3) is 0 Å². The molecule has 0 atom stereocenters. The molecule has 0 radical (unpaired) electrons. The summed E-state index contributed by atoms with van der Waals surface area (Å²) in [5, 5.41) is 0. The SMILES string of the molecule is CCC(C)(C)OCc1ccc(C(N)=S)cc1F. The molecule has 2 N–H and O–H groups in total. The largest absolute Gasteiger partial charge is 0.389 e. The predicted octanol–water partition coefficient (Wildman–Crippen LogP) is 3.17. The first-order valence-corrected chi connectivity index (χ1v) is 5.99. The zero-order valence-electron chi connectivity index (χ0n) is 10.4. The second-order valence-corrected chi connectivity index (χ2v) is 5.01. The van der Waals surface area contributed by atoms with E-state index in [9.17, 15) is 4.39 Å². The van der Waals surface area contributed by atoms with E-state index in [4.69, 9.17) is 22.7 Å². The summed E-state index contributed by atoms with van der Waals surface area (Å²) >= 11 is 4.79. The third-order valence-electron chi connectivity index (χ3n) is 2.81. The van der Waals surface area contributed by atoms with Crippen LogP contribution in [0.3, 0.4) is 0 Å². The van der Waals surface area contributed by atoms with Gasteiger partial charge in [0.2, 0.25) is 0 Å². The van der Waals surface area contributed by atoms with Crippen LogP contribution in [0.25, 0.3) is 0 Å². The van der Waals surface area contributed by atoms with E-state index in [0.29, 0.717) is 11.1 Å². The summed E-state index contributed by atoms with van der Waals surface area (Å²) in [4.78, 5) is 0.199. The van der Waals surface area contributed by atoms with E-state index in [1.807, 2.05) is 20.8 Å². The van der Waals surface area contributed by atoms with Crippen molar-refractivity contribution in [2.45, 2.75) is 39.4 Å². The maximum Gasteiger partial charge on any atom is 0.129 e. The molecule has 1 aromatic rings. The molecule has 2 nitrogen and oxygen atoms in total. The Hall–Kier alpha value is -1.00. The number of thiocarbonyl (C=S) groups is 1. The number of nitrogens with two attached hydrogens (primary N) is 1. The number of hydrogen-bond donors (Lipinski definition) is 1. The molecule has 0 fully saturated rings. The van der Waals surface area contributed by atoms with Gasteiger partial charge in [-0.1, -0.05) is 31.3 Å². The molecule has 0 aliphatic rings. The highest BCUT2D eigenvalue weighted by Gasteiger charge is 2.16. The van der Waals surface area contributed by atoms with Crippen LogP contribution in [0.4, 0.5) is 4.39 Å². The van der Waals surface area contributed by atoms with Crippen LogP contribution < -0.4 is 5.73 Å². The van der Waals surface area contributed by atoms with E-state index in [-0.39, 0.29) is 23.0 Å². The lowest BCUT2D eigenvalue weighted by atomic mass is 10.1. The molecule has 17 heavy (non-hydrogen) atoms. The van der Waals surface area contributed by atoms with Gasteiger partial charge >= 0.3 is 0 Å². The molecular weight excluding hydrogens is 237 g/mol. The van der Waals surface area contributed by atoms with Crippen LogP contribution in [0, 0.1) is 5.82 Å². The summed E-state index contributed by atoms with van der Waals surface area (Å²) in [7, 11) is 0. The highest BCUT2D eigenvalue weighted by molar-refractivity contribution is 7.80. The monoisotopic (exact) mass is 255 g/mol. The summed E-state index contributed by atoms with van der Waals surface area (Å²) in [6.07, 6.45) is 0.875. The Balaban J connectivity index is 2.77. The minimum absolute atomic E-state index is 0.199. The first kappa shape index (κ1) is 14.1. The van der Waals surface area contributed by atoms with Crippen molar-refractivity contribution in [2.75, 3.05) is 0 Å². The molecule has 1 rings (SSSR count). The number of ether oxygens (including phenoxy) is 1. The van der Waals surface area contributed by atoms with Crippen LogP contribution in [0.15, 0.2) is 18.2 Å². The standard InChI is InChI=1S/C13H18FNOS/c1-4-13(2,3)16-8-10-6-5-9(12(15)17)7-11(10)14/h5-7H,4,8H2,1-3H3,(H2,15,17). The van der Waals surface area contributed by atoms with E-state index >= 15 is 0 Å². The van der Waals surface area contributed by atoms with Gasteiger partial charge in [-0.25, -0.2) is 4.39 Å². The van der Waals surface area contributed by atoms with Gasteiger partial charge in [0.1, 0.15) is 10.8 Å². The molecule has 0 aromatic heterocycles. The van der Waals surface area contributed by atoms with Crippen LogP contribution in [0.1, 0.15) is 38.3 Å². The van der Waals surface area contributed by atoms with Gasteiger partial charge in [0, 0.05) is 11.1 Å². The normalized spacial score (nSPS) is 11.5. The van der Waals surface area contributed by atoms with E-state index in [1.165, 1.54) is 6.07 Å². The van der Waals surface area contributed by atoms with Gasteiger partial charge in [-0.2, -0.15) is 0 Å². The van der Waals surface area contributed by atoms with Crippen LogP contribution in [-0.2, 0) is 11.3 Å². The Morgan fingerprint density at radius 1 is 1.47 bits per heavy atom.